The van der Waals surface area contributed by atoms with Gasteiger partial charge in [-0.3, -0.25) is 0 Å². The number of rotatable bonds is 7. The molecular weight excluding hydrogens is 304 g/mol. The molecule has 0 aliphatic carbocycles. The standard InChI is InChI=1S/C20H22O4/c1-3-23-19(21)17-11-7-15(8-12-17)5-6-16-9-13-18(14-10-16)20(22)24-4-2/h7-14H,3-6H2,1-2H3. The molecule has 0 bridgehead atoms. The fourth-order valence-corrected chi connectivity index (χ4v) is 2.33. The van der Waals surface area contributed by atoms with Crippen LogP contribution in [0.15, 0.2) is 48.5 Å². The fourth-order valence-electron chi connectivity index (χ4n) is 2.33. The van der Waals surface area contributed by atoms with Gasteiger partial charge in [0.15, 0.2) is 0 Å². The molecule has 2 aromatic rings. The van der Waals surface area contributed by atoms with Crippen LogP contribution in [-0.2, 0) is 22.3 Å². The molecule has 4 heteroatoms. The van der Waals surface area contributed by atoms with Crippen LogP contribution in [0.1, 0.15) is 45.7 Å². The van der Waals surface area contributed by atoms with Crippen LogP contribution >= 0.6 is 0 Å². The van der Waals surface area contributed by atoms with Gasteiger partial charge < -0.3 is 9.47 Å². The van der Waals surface area contributed by atoms with Crippen molar-refractivity contribution in [2.45, 2.75) is 26.7 Å². The number of hydrogen-bond donors (Lipinski definition) is 0. The monoisotopic (exact) mass is 326 g/mol. The molecule has 0 aliphatic heterocycles. The van der Waals surface area contributed by atoms with Gasteiger partial charge in [-0.15, -0.1) is 0 Å². The minimum atomic E-state index is -0.293. The van der Waals surface area contributed by atoms with Crippen LogP contribution in [0.2, 0.25) is 0 Å². The second-order valence-electron chi connectivity index (χ2n) is 5.33. The van der Waals surface area contributed by atoms with Gasteiger partial charge in [-0.05, 0) is 62.1 Å². The summed E-state index contributed by atoms with van der Waals surface area (Å²) < 4.78 is 9.94. The number of carbonyl (C=O) groups excluding carboxylic acids is 2. The molecular formula is C20H22O4. The number of ether oxygens (including phenoxy) is 2. The third-order valence-corrected chi connectivity index (χ3v) is 3.63. The molecule has 0 aromatic heterocycles. The van der Waals surface area contributed by atoms with Gasteiger partial charge in [0.1, 0.15) is 0 Å². The van der Waals surface area contributed by atoms with Gasteiger partial charge >= 0.3 is 11.9 Å². The van der Waals surface area contributed by atoms with E-state index in [-0.39, 0.29) is 11.9 Å². The van der Waals surface area contributed by atoms with Gasteiger partial charge in [0.25, 0.3) is 0 Å². The van der Waals surface area contributed by atoms with E-state index in [2.05, 4.69) is 0 Å². The maximum atomic E-state index is 11.6. The second-order valence-corrected chi connectivity index (χ2v) is 5.33. The zero-order valence-electron chi connectivity index (χ0n) is 14.1. The van der Waals surface area contributed by atoms with Crippen molar-refractivity contribution in [3.05, 3.63) is 70.8 Å². The average molecular weight is 326 g/mol. The topological polar surface area (TPSA) is 52.6 Å². The molecule has 24 heavy (non-hydrogen) atoms. The summed E-state index contributed by atoms with van der Waals surface area (Å²) in [5, 5.41) is 0. The summed E-state index contributed by atoms with van der Waals surface area (Å²) in [6.45, 7) is 4.34. The van der Waals surface area contributed by atoms with Crippen LogP contribution in [0.5, 0.6) is 0 Å². The Balaban J connectivity index is 1.91. The molecule has 4 nitrogen and oxygen atoms in total. The van der Waals surface area contributed by atoms with Crippen LogP contribution in [0.25, 0.3) is 0 Å². The van der Waals surface area contributed by atoms with E-state index in [1.807, 2.05) is 24.3 Å². The first-order valence-electron chi connectivity index (χ1n) is 8.16. The van der Waals surface area contributed by atoms with Gasteiger partial charge in [-0.2, -0.15) is 0 Å². The summed E-state index contributed by atoms with van der Waals surface area (Å²) in [5.41, 5.74) is 3.44. The molecule has 2 aromatic carbocycles. The van der Waals surface area contributed by atoms with Crippen molar-refractivity contribution >= 4 is 11.9 Å². The Morgan fingerprint density at radius 2 is 1.00 bits per heavy atom. The zero-order valence-corrected chi connectivity index (χ0v) is 14.1. The van der Waals surface area contributed by atoms with E-state index in [1.165, 1.54) is 0 Å². The Bertz CT molecular complexity index is 610. The Kier molecular flexibility index (Phi) is 6.55. The van der Waals surface area contributed by atoms with E-state index in [1.54, 1.807) is 38.1 Å². The van der Waals surface area contributed by atoms with Gasteiger partial charge in [0.05, 0.1) is 24.3 Å². The Morgan fingerprint density at radius 1 is 0.667 bits per heavy atom. The third kappa shape index (κ3) is 4.95. The van der Waals surface area contributed by atoms with Crippen LogP contribution < -0.4 is 0 Å². The van der Waals surface area contributed by atoms with Gasteiger partial charge in [0, 0.05) is 0 Å². The van der Waals surface area contributed by atoms with Crippen LogP contribution in [0.3, 0.4) is 0 Å². The maximum absolute atomic E-state index is 11.6. The molecule has 126 valence electrons. The number of carbonyl (C=O) groups is 2. The van der Waals surface area contributed by atoms with E-state index in [9.17, 15) is 9.59 Å². The largest absolute Gasteiger partial charge is 0.462 e. The SMILES string of the molecule is CCOC(=O)c1ccc(CCc2ccc(C(=O)OCC)cc2)cc1. The molecule has 0 radical (unpaired) electrons. The Hall–Kier alpha value is -2.62. The van der Waals surface area contributed by atoms with Crippen molar-refractivity contribution in [2.24, 2.45) is 0 Å². The lowest BCUT2D eigenvalue weighted by molar-refractivity contribution is 0.0516. The van der Waals surface area contributed by atoms with Gasteiger partial charge in [-0.1, -0.05) is 24.3 Å². The number of esters is 2. The van der Waals surface area contributed by atoms with E-state index in [0.717, 1.165) is 24.0 Å². The highest BCUT2D eigenvalue weighted by atomic mass is 16.5. The fraction of sp³-hybridized carbons (Fsp3) is 0.300. The molecule has 0 saturated carbocycles. The summed E-state index contributed by atoms with van der Waals surface area (Å²) in [6.07, 6.45) is 1.73. The van der Waals surface area contributed by atoms with Crippen LogP contribution in [-0.4, -0.2) is 25.2 Å². The van der Waals surface area contributed by atoms with Crippen LogP contribution in [0.4, 0.5) is 0 Å². The first kappa shape index (κ1) is 17.7. The number of hydrogen-bond acceptors (Lipinski definition) is 4. The zero-order chi connectivity index (χ0) is 17.4. The molecule has 2 rings (SSSR count). The lowest BCUT2D eigenvalue weighted by Gasteiger charge is -2.06. The van der Waals surface area contributed by atoms with Gasteiger partial charge in [0.2, 0.25) is 0 Å². The van der Waals surface area contributed by atoms with Crippen molar-refractivity contribution in [1.82, 2.24) is 0 Å². The van der Waals surface area contributed by atoms with Crippen molar-refractivity contribution in [3.63, 3.8) is 0 Å². The first-order valence-corrected chi connectivity index (χ1v) is 8.16. The molecule has 0 atom stereocenters. The third-order valence-electron chi connectivity index (χ3n) is 3.63. The van der Waals surface area contributed by atoms with Crippen molar-refractivity contribution in [2.75, 3.05) is 13.2 Å². The highest BCUT2D eigenvalue weighted by Crippen LogP contribution is 2.12. The molecule has 0 saturated heterocycles. The van der Waals surface area contributed by atoms with Gasteiger partial charge in [-0.25, -0.2) is 9.59 Å². The molecule has 0 spiro atoms. The second kappa shape index (κ2) is 8.87. The maximum Gasteiger partial charge on any atom is 0.338 e. The van der Waals surface area contributed by atoms with Crippen molar-refractivity contribution in [1.29, 1.82) is 0 Å². The lowest BCUT2D eigenvalue weighted by Crippen LogP contribution is -2.05. The highest BCUT2D eigenvalue weighted by Gasteiger charge is 2.07. The summed E-state index contributed by atoms with van der Waals surface area (Å²) in [5.74, 6) is -0.586. The van der Waals surface area contributed by atoms with E-state index >= 15 is 0 Å². The quantitative estimate of drug-likeness (QED) is 0.726. The first-order chi connectivity index (χ1) is 11.6. The minimum absolute atomic E-state index is 0.293. The normalized spacial score (nSPS) is 10.2. The molecule has 0 fully saturated rings. The van der Waals surface area contributed by atoms with E-state index < -0.39 is 0 Å². The van der Waals surface area contributed by atoms with Crippen LogP contribution in [0, 0.1) is 0 Å². The Morgan fingerprint density at radius 3 is 1.29 bits per heavy atom. The van der Waals surface area contributed by atoms with Crippen molar-refractivity contribution in [3.8, 4) is 0 Å². The summed E-state index contributed by atoms with van der Waals surface area (Å²) in [4.78, 5) is 23.2. The van der Waals surface area contributed by atoms with E-state index in [0.29, 0.717) is 24.3 Å². The molecule has 0 amide bonds. The predicted molar refractivity (Wildman–Crippen MR) is 92.2 cm³/mol. The summed E-state index contributed by atoms with van der Waals surface area (Å²) in [7, 11) is 0. The molecule has 0 heterocycles. The Labute approximate surface area is 142 Å². The molecule has 0 N–H and O–H groups in total. The summed E-state index contributed by atoms with van der Waals surface area (Å²) in [6, 6.07) is 14.9. The van der Waals surface area contributed by atoms with Crippen molar-refractivity contribution < 1.29 is 19.1 Å². The smallest absolute Gasteiger partial charge is 0.338 e. The average Bonchev–Trinajstić information content (AvgIpc) is 2.61. The number of aryl methyl sites for hydroxylation is 2. The summed E-state index contributed by atoms with van der Waals surface area (Å²) >= 11 is 0. The predicted octanol–water partition coefficient (Wildman–Crippen LogP) is 3.83. The highest BCUT2D eigenvalue weighted by molar-refractivity contribution is 5.89. The molecule has 0 unspecified atom stereocenters. The number of benzene rings is 2. The van der Waals surface area contributed by atoms with E-state index in [4.69, 9.17) is 9.47 Å². The lowest BCUT2D eigenvalue weighted by atomic mass is 10.0. The molecule has 0 aliphatic rings. The minimum Gasteiger partial charge on any atom is -0.462 e.